The number of ether oxygens (including phenoxy) is 1. The molecule has 5 rings (SSSR count). The molecular weight excluding hydrogens is 454 g/mol. The van der Waals surface area contributed by atoms with E-state index < -0.39 is 5.92 Å². The van der Waals surface area contributed by atoms with Crippen LogP contribution in [0.1, 0.15) is 60.9 Å². The molecule has 3 aromatic rings. The quantitative estimate of drug-likeness (QED) is 0.331. The summed E-state index contributed by atoms with van der Waals surface area (Å²) < 4.78 is 33.2. The molecule has 1 fully saturated rings. The van der Waals surface area contributed by atoms with Gasteiger partial charge in [-0.1, -0.05) is 68.3 Å². The molecule has 2 aliphatic heterocycles. The third-order valence-corrected chi connectivity index (χ3v) is 7.74. The first-order valence-electron chi connectivity index (χ1n) is 13.2. The lowest BCUT2D eigenvalue weighted by molar-refractivity contribution is 0.0257. The van der Waals surface area contributed by atoms with Crippen molar-refractivity contribution < 1.29 is 13.5 Å². The van der Waals surface area contributed by atoms with Gasteiger partial charge >= 0.3 is 0 Å². The van der Waals surface area contributed by atoms with Crippen LogP contribution in [-0.2, 0) is 13.0 Å². The number of fused-ring (bicyclic) bond motifs is 1. The molecule has 3 nitrogen and oxygen atoms in total. The standard InChI is InChI=1S/C31H36F2N2O/c1-3-4-10-27-19-25-20-28(36-2)15-16-29(25)30(35(27)21-23-8-6-5-7-9-23)24-11-13-26(14-12-24)34-18-17-31(32,33)22-34/h5-9,11-16,20,27,30H,3-4,10,17-19,21-22H2,1-2H3/t27-,30?/m0/s1. The second-order valence-electron chi connectivity index (χ2n) is 10.2. The Kier molecular flexibility index (Phi) is 7.29. The van der Waals surface area contributed by atoms with E-state index in [1.54, 1.807) is 12.0 Å². The number of halogens is 2. The minimum atomic E-state index is -2.60. The number of hydrogen-bond acceptors (Lipinski definition) is 3. The maximum absolute atomic E-state index is 13.8. The fourth-order valence-electron chi connectivity index (χ4n) is 5.83. The number of nitrogens with zero attached hydrogens (tertiary/aromatic N) is 2. The van der Waals surface area contributed by atoms with E-state index in [9.17, 15) is 8.78 Å². The number of methoxy groups -OCH3 is 1. The van der Waals surface area contributed by atoms with Gasteiger partial charge in [-0.25, -0.2) is 8.78 Å². The summed E-state index contributed by atoms with van der Waals surface area (Å²) in [5.41, 5.74) is 6.02. The van der Waals surface area contributed by atoms with E-state index in [1.165, 1.54) is 35.1 Å². The summed E-state index contributed by atoms with van der Waals surface area (Å²) in [6.07, 6.45) is 4.41. The highest BCUT2D eigenvalue weighted by Gasteiger charge is 2.39. The Hall–Kier alpha value is -2.92. The summed E-state index contributed by atoms with van der Waals surface area (Å²) >= 11 is 0. The van der Waals surface area contributed by atoms with Crippen molar-refractivity contribution >= 4 is 5.69 Å². The molecule has 0 saturated carbocycles. The molecule has 190 valence electrons. The fourth-order valence-corrected chi connectivity index (χ4v) is 5.83. The lowest BCUT2D eigenvalue weighted by Crippen LogP contribution is -2.43. The van der Waals surface area contributed by atoms with E-state index in [2.05, 4.69) is 72.5 Å². The highest BCUT2D eigenvalue weighted by molar-refractivity contribution is 5.52. The molecule has 1 saturated heterocycles. The predicted molar refractivity (Wildman–Crippen MR) is 142 cm³/mol. The lowest BCUT2D eigenvalue weighted by Gasteiger charge is -2.44. The topological polar surface area (TPSA) is 15.7 Å². The van der Waals surface area contributed by atoms with Gasteiger partial charge in [0.05, 0.1) is 19.7 Å². The molecule has 2 atom stereocenters. The van der Waals surface area contributed by atoms with E-state index >= 15 is 0 Å². The molecule has 2 heterocycles. The van der Waals surface area contributed by atoms with Gasteiger partial charge in [-0.05, 0) is 59.4 Å². The van der Waals surface area contributed by atoms with Crippen molar-refractivity contribution in [2.45, 2.75) is 63.6 Å². The van der Waals surface area contributed by atoms with Crippen molar-refractivity contribution in [3.05, 3.63) is 95.1 Å². The predicted octanol–water partition coefficient (Wildman–Crippen LogP) is 7.25. The van der Waals surface area contributed by atoms with Gasteiger partial charge in [0.15, 0.2) is 0 Å². The van der Waals surface area contributed by atoms with E-state index in [-0.39, 0.29) is 19.0 Å². The van der Waals surface area contributed by atoms with Crippen LogP contribution in [0, 0.1) is 0 Å². The van der Waals surface area contributed by atoms with E-state index in [0.717, 1.165) is 30.8 Å². The average Bonchev–Trinajstić information content (AvgIpc) is 3.27. The van der Waals surface area contributed by atoms with Crippen LogP contribution in [0.4, 0.5) is 14.5 Å². The molecule has 0 aromatic heterocycles. The van der Waals surface area contributed by atoms with E-state index in [0.29, 0.717) is 12.6 Å². The molecule has 1 unspecified atom stereocenters. The van der Waals surface area contributed by atoms with Crippen LogP contribution in [0.3, 0.4) is 0 Å². The SMILES string of the molecule is CCCC[C@H]1Cc2cc(OC)ccc2C(c2ccc(N3CCC(F)(F)C3)cc2)N1Cc1ccccc1. The molecule has 0 amide bonds. The van der Waals surface area contributed by atoms with Crippen molar-refractivity contribution in [2.75, 3.05) is 25.1 Å². The molecule has 0 spiro atoms. The average molecular weight is 491 g/mol. The van der Waals surface area contributed by atoms with Crippen LogP contribution in [0.2, 0.25) is 0 Å². The van der Waals surface area contributed by atoms with Gasteiger partial charge in [-0.15, -0.1) is 0 Å². The zero-order valence-electron chi connectivity index (χ0n) is 21.3. The number of hydrogen-bond donors (Lipinski definition) is 0. The number of alkyl halides is 2. The van der Waals surface area contributed by atoms with Crippen molar-refractivity contribution in [3.8, 4) is 5.75 Å². The summed E-state index contributed by atoms with van der Waals surface area (Å²) in [5.74, 6) is -1.71. The summed E-state index contributed by atoms with van der Waals surface area (Å²) in [7, 11) is 1.72. The minimum absolute atomic E-state index is 0.0729. The van der Waals surface area contributed by atoms with Gasteiger partial charge in [0.25, 0.3) is 5.92 Å². The van der Waals surface area contributed by atoms with Crippen LogP contribution in [0.15, 0.2) is 72.8 Å². The summed E-state index contributed by atoms with van der Waals surface area (Å²) in [4.78, 5) is 4.45. The first-order valence-corrected chi connectivity index (χ1v) is 13.2. The van der Waals surface area contributed by atoms with Gasteiger partial charge in [0.2, 0.25) is 0 Å². The van der Waals surface area contributed by atoms with Crippen LogP contribution >= 0.6 is 0 Å². The Labute approximate surface area is 213 Å². The molecule has 36 heavy (non-hydrogen) atoms. The Morgan fingerprint density at radius 3 is 2.44 bits per heavy atom. The highest BCUT2D eigenvalue weighted by atomic mass is 19.3. The van der Waals surface area contributed by atoms with Crippen LogP contribution in [-0.4, -0.2) is 37.1 Å². The van der Waals surface area contributed by atoms with Gasteiger partial charge in [0, 0.05) is 31.2 Å². The third kappa shape index (κ3) is 5.27. The fraction of sp³-hybridized carbons (Fsp3) is 0.419. The second-order valence-corrected chi connectivity index (χ2v) is 10.2. The van der Waals surface area contributed by atoms with Crippen molar-refractivity contribution in [1.29, 1.82) is 0 Å². The van der Waals surface area contributed by atoms with Gasteiger partial charge in [0.1, 0.15) is 5.75 Å². The number of benzene rings is 3. The van der Waals surface area contributed by atoms with Crippen LogP contribution < -0.4 is 9.64 Å². The monoisotopic (exact) mass is 490 g/mol. The summed E-state index contributed by atoms with van der Waals surface area (Å²) in [5, 5.41) is 0. The summed E-state index contributed by atoms with van der Waals surface area (Å²) in [6.45, 7) is 3.32. The third-order valence-electron chi connectivity index (χ3n) is 7.74. The molecule has 3 aromatic carbocycles. The van der Waals surface area contributed by atoms with E-state index in [4.69, 9.17) is 4.74 Å². The van der Waals surface area contributed by atoms with E-state index in [1.807, 2.05) is 12.1 Å². The zero-order valence-corrected chi connectivity index (χ0v) is 21.3. The first kappa shape index (κ1) is 24.8. The largest absolute Gasteiger partial charge is 0.497 e. The maximum atomic E-state index is 13.8. The zero-order chi connectivity index (χ0) is 25.1. The smallest absolute Gasteiger partial charge is 0.266 e. The summed E-state index contributed by atoms with van der Waals surface area (Å²) in [6, 6.07) is 26.0. The molecule has 0 N–H and O–H groups in total. The van der Waals surface area contributed by atoms with Gasteiger partial charge in [-0.2, -0.15) is 0 Å². The first-order chi connectivity index (χ1) is 17.5. The Morgan fingerprint density at radius 1 is 1.00 bits per heavy atom. The molecule has 0 aliphatic carbocycles. The Balaban J connectivity index is 1.53. The maximum Gasteiger partial charge on any atom is 0.266 e. The van der Waals surface area contributed by atoms with Crippen molar-refractivity contribution in [1.82, 2.24) is 4.90 Å². The molecule has 2 aliphatic rings. The van der Waals surface area contributed by atoms with Crippen LogP contribution in [0.5, 0.6) is 5.75 Å². The number of anilines is 1. The number of unbranched alkanes of at least 4 members (excludes halogenated alkanes) is 1. The second kappa shape index (κ2) is 10.6. The normalized spacial score (nSPS) is 21.4. The Morgan fingerprint density at radius 2 is 1.78 bits per heavy atom. The lowest BCUT2D eigenvalue weighted by atomic mass is 9.82. The Bertz CT molecular complexity index is 1150. The molecule has 5 heteroatoms. The molecular formula is C31H36F2N2O. The van der Waals surface area contributed by atoms with Gasteiger partial charge < -0.3 is 9.64 Å². The van der Waals surface area contributed by atoms with Crippen LogP contribution in [0.25, 0.3) is 0 Å². The van der Waals surface area contributed by atoms with Gasteiger partial charge in [-0.3, -0.25) is 4.90 Å². The van der Waals surface area contributed by atoms with Crippen molar-refractivity contribution in [3.63, 3.8) is 0 Å². The van der Waals surface area contributed by atoms with Crippen molar-refractivity contribution in [2.24, 2.45) is 0 Å². The molecule has 0 bridgehead atoms. The highest BCUT2D eigenvalue weighted by Crippen LogP contribution is 2.42. The number of rotatable bonds is 8. The molecule has 0 radical (unpaired) electrons. The minimum Gasteiger partial charge on any atom is -0.497 e.